The molecule has 0 bridgehead atoms. The zero-order valence-corrected chi connectivity index (χ0v) is 11.4. The number of ether oxygens (including phenoxy) is 1. The number of hydrogen-bond donors (Lipinski definition) is 1. The molecule has 1 atom stereocenters. The lowest BCUT2D eigenvalue weighted by molar-refractivity contribution is 0.0558. The largest absolute Gasteiger partial charge is 0.463 e. The maximum atomic E-state index is 12.4. The predicted octanol–water partition coefficient (Wildman–Crippen LogP) is 0.178. The second kappa shape index (κ2) is 5.32. The lowest BCUT2D eigenvalue weighted by Gasteiger charge is -2.21. The summed E-state index contributed by atoms with van der Waals surface area (Å²) in [5, 5.41) is -0.256. The van der Waals surface area contributed by atoms with E-state index in [4.69, 9.17) is 10.2 Å². The number of esters is 1. The summed E-state index contributed by atoms with van der Waals surface area (Å²) in [5.41, 5.74) is 5.56. The first kappa shape index (κ1) is 14.0. The Hall–Kier alpha value is -1.38. The lowest BCUT2D eigenvalue weighted by Crippen LogP contribution is -2.39. The van der Waals surface area contributed by atoms with E-state index in [0.29, 0.717) is 6.54 Å². The molecule has 7 nitrogen and oxygen atoms in total. The molecule has 2 N–H and O–H groups in total. The van der Waals surface area contributed by atoms with Crippen LogP contribution in [-0.4, -0.2) is 44.9 Å². The van der Waals surface area contributed by atoms with Gasteiger partial charge in [-0.05, 0) is 25.0 Å². The maximum Gasteiger partial charge on any atom is 0.374 e. The van der Waals surface area contributed by atoms with E-state index < -0.39 is 16.0 Å². The normalized spacial score (nSPS) is 20.6. The second-order valence-corrected chi connectivity index (χ2v) is 6.08. The average Bonchev–Trinajstić information content (AvgIpc) is 3.06. The number of carbonyl (C=O) groups is 1. The Morgan fingerprint density at radius 3 is 2.95 bits per heavy atom. The number of nitrogens with zero attached hydrogens (tertiary/aromatic N) is 1. The SMILES string of the molecule is COC(=O)c1ccc(S(=O)(=O)N2CCCC2CN)o1. The van der Waals surface area contributed by atoms with Gasteiger partial charge >= 0.3 is 5.97 Å². The van der Waals surface area contributed by atoms with Crippen LogP contribution in [0.15, 0.2) is 21.6 Å². The molecule has 0 aromatic carbocycles. The molecule has 1 aliphatic heterocycles. The van der Waals surface area contributed by atoms with Crippen molar-refractivity contribution in [3.63, 3.8) is 0 Å². The van der Waals surface area contributed by atoms with Crippen molar-refractivity contribution in [1.82, 2.24) is 4.31 Å². The molecule has 1 aromatic rings. The number of furan rings is 1. The first-order chi connectivity index (χ1) is 9.00. The van der Waals surface area contributed by atoms with Crippen LogP contribution >= 0.6 is 0 Å². The highest BCUT2D eigenvalue weighted by atomic mass is 32.2. The molecule has 1 fully saturated rings. The van der Waals surface area contributed by atoms with E-state index in [1.807, 2.05) is 0 Å². The van der Waals surface area contributed by atoms with E-state index in [1.165, 1.54) is 23.5 Å². The molecule has 1 aliphatic rings. The summed E-state index contributed by atoms with van der Waals surface area (Å²) in [6, 6.07) is 2.33. The molecule has 1 unspecified atom stereocenters. The van der Waals surface area contributed by atoms with Crippen LogP contribution in [0.2, 0.25) is 0 Å². The van der Waals surface area contributed by atoms with Crippen LogP contribution in [-0.2, 0) is 14.8 Å². The van der Waals surface area contributed by atoms with Crippen molar-refractivity contribution < 1.29 is 22.4 Å². The quantitative estimate of drug-likeness (QED) is 0.793. The van der Waals surface area contributed by atoms with E-state index in [0.717, 1.165) is 12.8 Å². The fourth-order valence-corrected chi connectivity index (χ4v) is 3.77. The maximum absolute atomic E-state index is 12.4. The summed E-state index contributed by atoms with van der Waals surface area (Å²) in [6.45, 7) is 0.683. The number of methoxy groups -OCH3 is 1. The van der Waals surface area contributed by atoms with Crippen LogP contribution < -0.4 is 5.73 Å². The van der Waals surface area contributed by atoms with Crippen molar-refractivity contribution in [2.75, 3.05) is 20.2 Å². The van der Waals surface area contributed by atoms with Gasteiger partial charge in [-0.25, -0.2) is 13.2 Å². The summed E-state index contributed by atoms with van der Waals surface area (Å²) in [7, 11) is -2.54. The number of sulfonamides is 1. The topological polar surface area (TPSA) is 103 Å². The van der Waals surface area contributed by atoms with Crippen LogP contribution in [0, 0.1) is 0 Å². The third-order valence-electron chi connectivity index (χ3n) is 3.13. The van der Waals surface area contributed by atoms with Crippen molar-refractivity contribution in [1.29, 1.82) is 0 Å². The Kier molecular flexibility index (Phi) is 3.93. The molecule has 0 aliphatic carbocycles. The van der Waals surface area contributed by atoms with Gasteiger partial charge in [0, 0.05) is 19.1 Å². The third-order valence-corrected chi connectivity index (χ3v) is 4.95. The van der Waals surface area contributed by atoms with E-state index in [-0.39, 0.29) is 23.4 Å². The van der Waals surface area contributed by atoms with Gasteiger partial charge in [0.1, 0.15) is 0 Å². The molecule has 0 saturated carbocycles. The smallest absolute Gasteiger partial charge is 0.374 e. The summed E-state index contributed by atoms with van der Waals surface area (Å²) in [5.74, 6) is -0.845. The van der Waals surface area contributed by atoms with E-state index >= 15 is 0 Å². The zero-order chi connectivity index (χ0) is 14.0. The molecule has 19 heavy (non-hydrogen) atoms. The molecule has 2 rings (SSSR count). The highest BCUT2D eigenvalue weighted by Gasteiger charge is 2.36. The Balaban J connectivity index is 2.29. The van der Waals surface area contributed by atoms with Crippen LogP contribution in [0.4, 0.5) is 0 Å². The summed E-state index contributed by atoms with van der Waals surface area (Å²) < 4.78 is 35.6. The molecular weight excluding hydrogens is 272 g/mol. The molecule has 8 heteroatoms. The van der Waals surface area contributed by atoms with Crippen LogP contribution in [0.5, 0.6) is 0 Å². The predicted molar refractivity (Wildman–Crippen MR) is 66.0 cm³/mol. The molecule has 1 saturated heterocycles. The first-order valence-electron chi connectivity index (χ1n) is 5.90. The first-order valence-corrected chi connectivity index (χ1v) is 7.34. The highest BCUT2D eigenvalue weighted by Crippen LogP contribution is 2.26. The van der Waals surface area contributed by atoms with E-state index in [2.05, 4.69) is 4.74 Å². The van der Waals surface area contributed by atoms with Gasteiger partial charge in [-0.2, -0.15) is 4.31 Å². The van der Waals surface area contributed by atoms with Crippen LogP contribution in [0.1, 0.15) is 23.4 Å². The molecule has 106 valence electrons. The number of carbonyl (C=O) groups excluding carboxylic acids is 1. The van der Waals surface area contributed by atoms with Crippen LogP contribution in [0.25, 0.3) is 0 Å². The minimum atomic E-state index is -3.74. The summed E-state index contributed by atoms with van der Waals surface area (Å²) in [6.07, 6.45) is 1.51. The van der Waals surface area contributed by atoms with Crippen molar-refractivity contribution in [2.24, 2.45) is 5.73 Å². The lowest BCUT2D eigenvalue weighted by atomic mass is 10.2. The zero-order valence-electron chi connectivity index (χ0n) is 10.5. The number of rotatable bonds is 4. The van der Waals surface area contributed by atoms with Gasteiger partial charge < -0.3 is 14.9 Å². The number of hydrogen-bond acceptors (Lipinski definition) is 6. The van der Waals surface area contributed by atoms with Crippen LogP contribution in [0.3, 0.4) is 0 Å². The van der Waals surface area contributed by atoms with Crippen molar-refractivity contribution in [3.05, 3.63) is 17.9 Å². The molecule has 1 aromatic heterocycles. The van der Waals surface area contributed by atoms with Gasteiger partial charge in [0.25, 0.3) is 10.0 Å². The standard InChI is InChI=1S/C11H16N2O5S/c1-17-11(14)9-4-5-10(18-9)19(15,16)13-6-2-3-8(13)7-12/h4-5,8H,2-3,6-7,12H2,1H3. The average molecular weight is 288 g/mol. The van der Waals surface area contributed by atoms with Crippen molar-refractivity contribution in [3.8, 4) is 0 Å². The Labute approximate surface area is 111 Å². The van der Waals surface area contributed by atoms with Crippen molar-refractivity contribution >= 4 is 16.0 Å². The molecule has 0 spiro atoms. The van der Waals surface area contributed by atoms with Crippen molar-refractivity contribution in [2.45, 2.75) is 24.0 Å². The van der Waals surface area contributed by atoms with Gasteiger partial charge in [-0.3, -0.25) is 0 Å². The summed E-state index contributed by atoms with van der Waals surface area (Å²) >= 11 is 0. The molecular formula is C11H16N2O5S. The Morgan fingerprint density at radius 2 is 2.32 bits per heavy atom. The molecule has 0 radical (unpaired) electrons. The summed E-state index contributed by atoms with van der Waals surface area (Å²) in [4.78, 5) is 11.3. The van der Waals surface area contributed by atoms with E-state index in [9.17, 15) is 13.2 Å². The monoisotopic (exact) mass is 288 g/mol. The van der Waals surface area contributed by atoms with Gasteiger partial charge in [0.15, 0.2) is 0 Å². The second-order valence-electron chi connectivity index (χ2n) is 4.26. The van der Waals surface area contributed by atoms with Gasteiger partial charge in [-0.15, -0.1) is 0 Å². The minimum absolute atomic E-state index is 0.135. The Morgan fingerprint density at radius 1 is 1.58 bits per heavy atom. The fraction of sp³-hybridized carbons (Fsp3) is 0.545. The fourth-order valence-electron chi connectivity index (χ4n) is 2.15. The third kappa shape index (κ3) is 2.51. The van der Waals surface area contributed by atoms with Gasteiger partial charge in [-0.1, -0.05) is 0 Å². The highest BCUT2D eigenvalue weighted by molar-refractivity contribution is 7.89. The molecule has 2 heterocycles. The van der Waals surface area contributed by atoms with E-state index in [1.54, 1.807) is 0 Å². The number of nitrogens with two attached hydrogens (primary N) is 1. The Bertz CT molecular complexity index is 565. The van der Waals surface area contributed by atoms with Gasteiger partial charge in [0.05, 0.1) is 7.11 Å². The molecule has 0 amide bonds. The van der Waals surface area contributed by atoms with Gasteiger partial charge in [0.2, 0.25) is 10.9 Å². The minimum Gasteiger partial charge on any atom is -0.463 e.